The third-order valence-corrected chi connectivity index (χ3v) is 3.34. The first-order valence-corrected chi connectivity index (χ1v) is 5.76. The molecule has 1 nitrogen and oxygen atoms in total. The number of hydrogen-bond acceptors (Lipinski definition) is 1. The van der Waals surface area contributed by atoms with E-state index in [0.717, 1.165) is 31.9 Å². The Hall–Kier alpha value is -1.03. The van der Waals surface area contributed by atoms with Crippen molar-refractivity contribution in [2.45, 2.75) is 44.1 Å². The molecule has 1 saturated carbocycles. The zero-order valence-corrected chi connectivity index (χ0v) is 9.77. The van der Waals surface area contributed by atoms with E-state index < -0.39 is 11.7 Å². The average Bonchev–Trinajstić information content (AvgIpc) is 2.94. The fourth-order valence-corrected chi connectivity index (χ4v) is 1.83. The Morgan fingerprint density at radius 1 is 1.35 bits per heavy atom. The van der Waals surface area contributed by atoms with Crippen LogP contribution in [0.1, 0.15) is 37.3 Å². The molecule has 4 heteroatoms. The Kier molecular flexibility index (Phi) is 2.94. The van der Waals surface area contributed by atoms with E-state index >= 15 is 0 Å². The lowest BCUT2D eigenvalue weighted by Gasteiger charge is -2.14. The third-order valence-electron chi connectivity index (χ3n) is 3.34. The van der Waals surface area contributed by atoms with Gasteiger partial charge in [0.1, 0.15) is 5.82 Å². The van der Waals surface area contributed by atoms with Crippen LogP contribution in [0.5, 0.6) is 0 Å². The summed E-state index contributed by atoms with van der Waals surface area (Å²) in [6.45, 7) is 0.815. The van der Waals surface area contributed by atoms with E-state index in [1.165, 1.54) is 6.07 Å². The number of hydrogen-bond donors (Lipinski definition) is 1. The van der Waals surface area contributed by atoms with Gasteiger partial charge in [0.05, 0.1) is 0 Å². The number of alkyl halides is 2. The van der Waals surface area contributed by atoms with Crippen molar-refractivity contribution in [3.63, 3.8) is 0 Å². The summed E-state index contributed by atoms with van der Waals surface area (Å²) in [5.74, 6) is -3.36. The molecule has 0 unspecified atom stereocenters. The number of aryl methyl sites for hydroxylation is 1. The minimum atomic E-state index is -2.93. The molecule has 1 aromatic carbocycles. The van der Waals surface area contributed by atoms with Crippen LogP contribution in [0, 0.1) is 5.82 Å². The average molecular weight is 243 g/mol. The zero-order chi connectivity index (χ0) is 12.7. The highest BCUT2D eigenvalue weighted by atomic mass is 19.3. The fraction of sp³-hybridized carbons (Fsp3) is 0.538. The molecule has 1 aromatic rings. The summed E-state index contributed by atoms with van der Waals surface area (Å²) >= 11 is 0. The van der Waals surface area contributed by atoms with Crippen LogP contribution in [0.15, 0.2) is 18.2 Å². The summed E-state index contributed by atoms with van der Waals surface area (Å²) in [5, 5.41) is 0. The van der Waals surface area contributed by atoms with E-state index in [4.69, 9.17) is 5.73 Å². The van der Waals surface area contributed by atoms with Crippen molar-refractivity contribution in [3.8, 4) is 0 Å². The second-order valence-electron chi connectivity index (χ2n) is 5.06. The third kappa shape index (κ3) is 3.00. The van der Waals surface area contributed by atoms with Crippen molar-refractivity contribution in [2.75, 3.05) is 0 Å². The van der Waals surface area contributed by atoms with Crippen molar-refractivity contribution in [1.82, 2.24) is 0 Å². The molecule has 1 fully saturated rings. The lowest BCUT2D eigenvalue weighted by Crippen LogP contribution is -2.22. The molecule has 0 aliphatic heterocycles. The van der Waals surface area contributed by atoms with Crippen molar-refractivity contribution >= 4 is 0 Å². The SMILES string of the molecule is CC(F)(F)c1ccc(F)c(CCC2(N)CC2)c1. The lowest BCUT2D eigenvalue weighted by molar-refractivity contribution is 0.0173. The highest BCUT2D eigenvalue weighted by Gasteiger charge is 2.37. The Morgan fingerprint density at radius 2 is 2.00 bits per heavy atom. The molecule has 2 N–H and O–H groups in total. The first-order chi connectivity index (χ1) is 7.80. The van der Waals surface area contributed by atoms with Crippen LogP contribution >= 0.6 is 0 Å². The molecule has 0 amide bonds. The first-order valence-electron chi connectivity index (χ1n) is 5.76. The maximum atomic E-state index is 13.5. The van der Waals surface area contributed by atoms with E-state index in [9.17, 15) is 13.2 Å². The minimum absolute atomic E-state index is 0.143. The summed E-state index contributed by atoms with van der Waals surface area (Å²) in [7, 11) is 0. The lowest BCUT2D eigenvalue weighted by atomic mass is 10.00. The second-order valence-corrected chi connectivity index (χ2v) is 5.06. The van der Waals surface area contributed by atoms with Crippen LogP contribution in [0.2, 0.25) is 0 Å². The van der Waals surface area contributed by atoms with Gasteiger partial charge in [-0.1, -0.05) is 6.07 Å². The number of nitrogens with two attached hydrogens (primary N) is 1. The molecule has 94 valence electrons. The van der Waals surface area contributed by atoms with Gasteiger partial charge in [0.2, 0.25) is 0 Å². The van der Waals surface area contributed by atoms with E-state index in [0.29, 0.717) is 18.4 Å². The van der Waals surface area contributed by atoms with E-state index in [1.807, 2.05) is 0 Å². The van der Waals surface area contributed by atoms with Gasteiger partial charge in [-0.3, -0.25) is 0 Å². The summed E-state index contributed by atoms with van der Waals surface area (Å²) in [6, 6.07) is 3.49. The maximum absolute atomic E-state index is 13.5. The van der Waals surface area contributed by atoms with Crippen LogP contribution in [-0.4, -0.2) is 5.54 Å². The molecule has 0 spiro atoms. The predicted octanol–water partition coefficient (Wildman–Crippen LogP) is 3.36. The van der Waals surface area contributed by atoms with Gasteiger partial charge < -0.3 is 5.73 Å². The van der Waals surface area contributed by atoms with Gasteiger partial charge in [-0.05, 0) is 43.4 Å². The molecule has 1 aliphatic rings. The van der Waals surface area contributed by atoms with Gasteiger partial charge >= 0.3 is 0 Å². The molecular weight excluding hydrogens is 227 g/mol. The number of halogens is 3. The molecule has 1 aliphatic carbocycles. The molecule has 17 heavy (non-hydrogen) atoms. The maximum Gasteiger partial charge on any atom is 0.270 e. The van der Waals surface area contributed by atoms with Crippen LogP contribution in [0.25, 0.3) is 0 Å². The molecule has 0 bridgehead atoms. The van der Waals surface area contributed by atoms with E-state index in [2.05, 4.69) is 0 Å². The van der Waals surface area contributed by atoms with Gasteiger partial charge in [-0.15, -0.1) is 0 Å². The smallest absolute Gasteiger partial charge is 0.270 e. The largest absolute Gasteiger partial charge is 0.325 e. The van der Waals surface area contributed by atoms with Crippen LogP contribution < -0.4 is 5.73 Å². The van der Waals surface area contributed by atoms with Crippen molar-refractivity contribution in [3.05, 3.63) is 35.1 Å². The highest BCUT2D eigenvalue weighted by Crippen LogP contribution is 2.37. The Bertz CT molecular complexity index is 419. The second kappa shape index (κ2) is 4.02. The number of rotatable bonds is 4. The molecule has 0 saturated heterocycles. The van der Waals surface area contributed by atoms with Crippen LogP contribution in [-0.2, 0) is 12.3 Å². The zero-order valence-electron chi connectivity index (χ0n) is 9.77. The first kappa shape index (κ1) is 12.4. The summed E-state index contributed by atoms with van der Waals surface area (Å²) < 4.78 is 39.7. The topological polar surface area (TPSA) is 26.0 Å². The van der Waals surface area contributed by atoms with Crippen LogP contribution in [0.3, 0.4) is 0 Å². The fourth-order valence-electron chi connectivity index (χ4n) is 1.83. The van der Waals surface area contributed by atoms with Gasteiger partial charge in [-0.25, -0.2) is 13.2 Å². The Morgan fingerprint density at radius 3 is 2.53 bits per heavy atom. The Labute approximate surface area is 98.8 Å². The standard InChI is InChI=1S/C13H16F3N/c1-12(15,16)10-2-3-11(14)9(8-10)4-5-13(17)6-7-13/h2-3,8H,4-7,17H2,1H3. The van der Waals surface area contributed by atoms with Gasteiger partial charge in [0, 0.05) is 18.0 Å². The predicted molar refractivity (Wildman–Crippen MR) is 60.4 cm³/mol. The highest BCUT2D eigenvalue weighted by molar-refractivity contribution is 5.28. The van der Waals surface area contributed by atoms with Crippen molar-refractivity contribution < 1.29 is 13.2 Å². The summed E-state index contributed by atoms with van der Waals surface area (Å²) in [5.41, 5.74) is 5.91. The van der Waals surface area contributed by atoms with E-state index in [1.54, 1.807) is 0 Å². The molecular formula is C13H16F3N. The summed E-state index contributed by atoms with van der Waals surface area (Å²) in [6.07, 6.45) is 2.96. The monoisotopic (exact) mass is 243 g/mol. The van der Waals surface area contributed by atoms with Crippen LogP contribution in [0.4, 0.5) is 13.2 Å². The molecule has 0 aromatic heterocycles. The van der Waals surface area contributed by atoms with Gasteiger partial charge in [0.15, 0.2) is 0 Å². The molecule has 0 atom stereocenters. The number of benzene rings is 1. The molecule has 2 rings (SSSR count). The van der Waals surface area contributed by atoms with Gasteiger partial charge in [0.25, 0.3) is 5.92 Å². The quantitative estimate of drug-likeness (QED) is 0.862. The Balaban J connectivity index is 2.14. The van der Waals surface area contributed by atoms with Crippen molar-refractivity contribution in [1.29, 1.82) is 0 Å². The molecule has 0 heterocycles. The minimum Gasteiger partial charge on any atom is -0.325 e. The normalized spacial score (nSPS) is 18.2. The van der Waals surface area contributed by atoms with Crippen molar-refractivity contribution in [2.24, 2.45) is 5.73 Å². The summed E-state index contributed by atoms with van der Waals surface area (Å²) in [4.78, 5) is 0. The van der Waals surface area contributed by atoms with E-state index in [-0.39, 0.29) is 11.1 Å². The van der Waals surface area contributed by atoms with Gasteiger partial charge in [-0.2, -0.15) is 0 Å². The molecule has 0 radical (unpaired) electrons.